The number of ether oxygens (including phenoxy) is 1. The van der Waals surface area contributed by atoms with Crippen molar-refractivity contribution in [3.05, 3.63) is 78.5 Å². The maximum Gasteiger partial charge on any atom is 0.182 e. The third-order valence-electron chi connectivity index (χ3n) is 4.43. The molecule has 0 aliphatic carbocycles. The molecule has 3 heterocycles. The van der Waals surface area contributed by atoms with Crippen LogP contribution in [-0.2, 0) is 6.54 Å². The molecule has 0 aliphatic heterocycles. The van der Waals surface area contributed by atoms with Crippen LogP contribution in [0.2, 0.25) is 0 Å². The maximum absolute atomic E-state index is 5.49. The smallest absolute Gasteiger partial charge is 0.182 e. The molecule has 134 valence electrons. The Bertz CT molecular complexity index is 1060. The van der Waals surface area contributed by atoms with E-state index in [0.717, 1.165) is 39.8 Å². The summed E-state index contributed by atoms with van der Waals surface area (Å²) in [6, 6.07) is 15.9. The van der Waals surface area contributed by atoms with Gasteiger partial charge in [-0.25, -0.2) is 0 Å². The fourth-order valence-corrected chi connectivity index (χ4v) is 3.03. The van der Waals surface area contributed by atoms with Crippen LogP contribution in [0.4, 0.5) is 0 Å². The summed E-state index contributed by atoms with van der Waals surface area (Å²) in [6.45, 7) is 2.61. The topological polar surface area (TPSA) is 65.7 Å². The quantitative estimate of drug-likeness (QED) is 0.544. The van der Waals surface area contributed by atoms with Gasteiger partial charge in [0.2, 0.25) is 0 Å². The number of benzene rings is 1. The van der Waals surface area contributed by atoms with Crippen molar-refractivity contribution in [2.24, 2.45) is 0 Å². The van der Waals surface area contributed by atoms with Crippen LogP contribution in [0.3, 0.4) is 0 Å². The van der Waals surface area contributed by atoms with Crippen molar-refractivity contribution >= 4 is 0 Å². The molecule has 0 unspecified atom stereocenters. The molecule has 0 N–H and O–H groups in total. The molecule has 0 aliphatic rings. The van der Waals surface area contributed by atoms with E-state index in [-0.39, 0.29) is 0 Å². The van der Waals surface area contributed by atoms with Crippen LogP contribution in [0.15, 0.2) is 67.1 Å². The molecule has 0 radical (unpaired) electrons. The van der Waals surface area contributed by atoms with Crippen molar-refractivity contribution in [3.63, 3.8) is 0 Å². The number of aromatic nitrogens is 5. The molecule has 1 aromatic carbocycles. The van der Waals surface area contributed by atoms with Gasteiger partial charge in [0, 0.05) is 24.2 Å². The summed E-state index contributed by atoms with van der Waals surface area (Å²) in [6.07, 6.45) is 5.36. The lowest BCUT2D eigenvalue weighted by molar-refractivity contribution is 0.416. The highest BCUT2D eigenvalue weighted by molar-refractivity contribution is 5.73. The van der Waals surface area contributed by atoms with E-state index in [1.54, 1.807) is 25.7 Å². The average Bonchev–Trinajstić information content (AvgIpc) is 3.09. The van der Waals surface area contributed by atoms with E-state index < -0.39 is 0 Å². The van der Waals surface area contributed by atoms with Gasteiger partial charge in [-0.05, 0) is 48.4 Å². The van der Waals surface area contributed by atoms with Gasteiger partial charge in [0.25, 0.3) is 0 Å². The summed E-state index contributed by atoms with van der Waals surface area (Å²) >= 11 is 0. The summed E-state index contributed by atoms with van der Waals surface area (Å²) in [5, 5.41) is 8.62. The highest BCUT2D eigenvalue weighted by atomic mass is 16.5. The van der Waals surface area contributed by atoms with Gasteiger partial charge >= 0.3 is 0 Å². The Morgan fingerprint density at radius 2 is 1.78 bits per heavy atom. The molecule has 4 rings (SSSR count). The lowest BCUT2D eigenvalue weighted by Gasteiger charge is -2.11. The average molecular weight is 357 g/mol. The molecular weight excluding hydrogens is 338 g/mol. The number of para-hydroxylation sites is 1. The highest BCUT2D eigenvalue weighted by Gasteiger charge is 2.14. The molecule has 0 saturated carbocycles. The van der Waals surface area contributed by atoms with Gasteiger partial charge in [-0.1, -0.05) is 18.2 Å². The maximum atomic E-state index is 5.49. The van der Waals surface area contributed by atoms with Crippen molar-refractivity contribution < 1.29 is 4.74 Å². The monoisotopic (exact) mass is 357 g/mol. The van der Waals surface area contributed by atoms with Crippen molar-refractivity contribution in [3.8, 4) is 28.4 Å². The zero-order chi connectivity index (χ0) is 18.6. The fraction of sp³-hybridized carbons (Fsp3) is 0.143. The molecule has 0 atom stereocenters. The minimum absolute atomic E-state index is 0.664. The van der Waals surface area contributed by atoms with Gasteiger partial charge in [0.15, 0.2) is 5.82 Å². The van der Waals surface area contributed by atoms with Crippen LogP contribution >= 0.6 is 0 Å². The van der Waals surface area contributed by atoms with Crippen LogP contribution in [0.25, 0.3) is 22.6 Å². The van der Waals surface area contributed by atoms with Gasteiger partial charge in [-0.15, -0.1) is 10.2 Å². The summed E-state index contributed by atoms with van der Waals surface area (Å²) in [5.74, 6) is 2.40. The van der Waals surface area contributed by atoms with Crippen LogP contribution < -0.4 is 4.74 Å². The van der Waals surface area contributed by atoms with Gasteiger partial charge in [0.1, 0.15) is 17.3 Å². The van der Waals surface area contributed by atoms with Crippen LogP contribution in [0, 0.1) is 6.92 Å². The second-order valence-electron chi connectivity index (χ2n) is 6.14. The first-order valence-electron chi connectivity index (χ1n) is 8.65. The molecular formula is C21H19N5O. The summed E-state index contributed by atoms with van der Waals surface area (Å²) < 4.78 is 7.55. The number of hydrogen-bond donors (Lipinski definition) is 0. The molecule has 0 spiro atoms. The molecule has 4 aromatic rings. The van der Waals surface area contributed by atoms with Crippen molar-refractivity contribution in [2.45, 2.75) is 13.5 Å². The zero-order valence-corrected chi connectivity index (χ0v) is 15.2. The van der Waals surface area contributed by atoms with Crippen molar-refractivity contribution in [2.75, 3.05) is 7.11 Å². The predicted octanol–water partition coefficient (Wildman–Crippen LogP) is 3.77. The molecule has 0 bridgehead atoms. The summed E-state index contributed by atoms with van der Waals surface area (Å²) in [4.78, 5) is 8.60. The standard InChI is InChI=1S/C21H19N5O/c1-15-24-25-21(26(15)14-16-7-10-22-11-8-16)19-13-17(9-12-23-19)18-5-3-4-6-20(18)27-2/h3-13H,14H2,1-2H3. The highest BCUT2D eigenvalue weighted by Crippen LogP contribution is 2.31. The minimum atomic E-state index is 0.664. The van der Waals surface area contributed by atoms with Crippen molar-refractivity contribution in [1.29, 1.82) is 0 Å². The Balaban J connectivity index is 1.75. The lowest BCUT2D eigenvalue weighted by Crippen LogP contribution is -2.05. The summed E-state index contributed by atoms with van der Waals surface area (Å²) in [5.41, 5.74) is 3.94. The van der Waals surface area contributed by atoms with E-state index in [1.165, 1.54) is 0 Å². The third kappa shape index (κ3) is 3.42. The number of methoxy groups -OCH3 is 1. The Labute approximate surface area is 157 Å². The Morgan fingerprint density at radius 3 is 2.59 bits per heavy atom. The molecule has 27 heavy (non-hydrogen) atoms. The second-order valence-corrected chi connectivity index (χ2v) is 6.14. The fourth-order valence-electron chi connectivity index (χ4n) is 3.03. The largest absolute Gasteiger partial charge is 0.496 e. The van der Waals surface area contributed by atoms with Crippen LogP contribution in [0.5, 0.6) is 5.75 Å². The predicted molar refractivity (Wildman–Crippen MR) is 103 cm³/mol. The molecule has 0 fully saturated rings. The SMILES string of the molecule is COc1ccccc1-c1ccnc(-c2nnc(C)n2Cc2ccncc2)c1. The number of nitrogens with zero attached hydrogens (tertiary/aromatic N) is 5. The lowest BCUT2D eigenvalue weighted by atomic mass is 10.0. The first kappa shape index (κ1) is 16.9. The number of hydrogen-bond acceptors (Lipinski definition) is 5. The van der Waals surface area contributed by atoms with Gasteiger partial charge in [-0.2, -0.15) is 0 Å². The number of aryl methyl sites for hydroxylation is 1. The normalized spacial score (nSPS) is 10.7. The zero-order valence-electron chi connectivity index (χ0n) is 15.2. The van der Waals surface area contributed by atoms with Gasteiger partial charge in [-0.3, -0.25) is 9.97 Å². The van der Waals surface area contributed by atoms with Crippen LogP contribution in [0.1, 0.15) is 11.4 Å². The molecule has 0 amide bonds. The second kappa shape index (κ2) is 7.37. The Hall–Kier alpha value is -3.54. The summed E-state index contributed by atoms with van der Waals surface area (Å²) in [7, 11) is 1.68. The van der Waals surface area contributed by atoms with Gasteiger partial charge in [0.05, 0.1) is 13.7 Å². The Kier molecular flexibility index (Phi) is 4.61. The van der Waals surface area contributed by atoms with E-state index in [0.29, 0.717) is 6.54 Å². The molecule has 0 saturated heterocycles. The van der Waals surface area contributed by atoms with Gasteiger partial charge < -0.3 is 9.30 Å². The van der Waals surface area contributed by atoms with Crippen LogP contribution in [-0.4, -0.2) is 31.8 Å². The molecule has 3 aromatic heterocycles. The first-order chi connectivity index (χ1) is 13.3. The van der Waals surface area contributed by atoms with E-state index in [1.807, 2.05) is 55.5 Å². The molecule has 6 heteroatoms. The van der Waals surface area contributed by atoms with E-state index in [4.69, 9.17) is 4.74 Å². The Morgan fingerprint density at radius 1 is 0.963 bits per heavy atom. The van der Waals surface area contributed by atoms with Crippen molar-refractivity contribution in [1.82, 2.24) is 24.7 Å². The first-order valence-corrected chi connectivity index (χ1v) is 8.65. The minimum Gasteiger partial charge on any atom is -0.496 e. The van der Waals surface area contributed by atoms with E-state index in [2.05, 4.69) is 24.7 Å². The third-order valence-corrected chi connectivity index (χ3v) is 4.43. The van der Waals surface area contributed by atoms with E-state index in [9.17, 15) is 0 Å². The number of rotatable bonds is 5. The van der Waals surface area contributed by atoms with E-state index >= 15 is 0 Å². The molecule has 6 nitrogen and oxygen atoms in total. The number of pyridine rings is 2.